The number of nitriles is 1. The fraction of sp³-hybridized carbons (Fsp3) is 0.386. The molecule has 2 aliphatic carbocycles. The van der Waals surface area contributed by atoms with E-state index >= 15 is 0 Å². The van der Waals surface area contributed by atoms with Crippen molar-refractivity contribution in [2.24, 2.45) is 21.7 Å². The third-order valence-corrected chi connectivity index (χ3v) is 9.44. The van der Waals surface area contributed by atoms with Gasteiger partial charge >= 0.3 is 6.18 Å². The fourth-order valence-electron chi connectivity index (χ4n) is 5.88. The number of rotatable bonds is 6. The quantitative estimate of drug-likeness (QED) is 0.285. The zero-order chi connectivity index (χ0) is 38.0. The van der Waals surface area contributed by atoms with E-state index in [0.717, 1.165) is 34.4 Å². The molecule has 0 amide bonds. The Bertz CT molecular complexity index is 1810. The van der Waals surface area contributed by atoms with Gasteiger partial charge in [0.25, 0.3) is 0 Å². The number of carbonyl (C=O) groups excluding carboxylic acids is 2. The minimum atomic E-state index is -4.36. The van der Waals surface area contributed by atoms with Gasteiger partial charge in [-0.2, -0.15) is 18.4 Å². The smallest absolute Gasteiger partial charge is 0.289 e. The molecule has 3 nitrogen and oxygen atoms in total. The average molecular weight is 682 g/mol. The number of Topliss-reactive ketones (excluding diaryl/α,β-unsaturated/α-hetero) is 2. The molecule has 0 bridgehead atoms. The minimum Gasteiger partial charge on any atom is -0.289 e. The third kappa shape index (κ3) is 8.99. The van der Waals surface area contributed by atoms with E-state index in [2.05, 4.69) is 46.1 Å². The van der Waals surface area contributed by atoms with Crippen LogP contribution >= 0.6 is 0 Å². The van der Waals surface area contributed by atoms with Gasteiger partial charge in [-0.1, -0.05) is 130 Å². The van der Waals surface area contributed by atoms with Gasteiger partial charge in [-0.3, -0.25) is 9.59 Å². The molecule has 264 valence electrons. The number of alkyl halides is 3. The van der Waals surface area contributed by atoms with E-state index in [4.69, 9.17) is 5.26 Å². The lowest BCUT2D eigenvalue weighted by atomic mass is 9.69. The van der Waals surface area contributed by atoms with Crippen LogP contribution in [0.15, 0.2) is 120 Å². The highest BCUT2D eigenvalue weighted by atomic mass is 19.4. The normalized spacial score (nSPS) is 18.8. The van der Waals surface area contributed by atoms with E-state index in [1.54, 1.807) is 6.08 Å². The maximum Gasteiger partial charge on any atom is 0.416 e. The van der Waals surface area contributed by atoms with Crippen molar-refractivity contribution in [3.05, 3.63) is 143 Å². The Balaban J connectivity index is 0.000000271. The first-order chi connectivity index (χ1) is 22.9. The van der Waals surface area contributed by atoms with Gasteiger partial charge < -0.3 is 0 Å². The van der Waals surface area contributed by atoms with Crippen molar-refractivity contribution in [3.63, 3.8) is 0 Å². The summed E-state index contributed by atoms with van der Waals surface area (Å²) in [6.07, 6.45) is 7.02. The summed E-state index contributed by atoms with van der Waals surface area (Å²) in [4.78, 5) is 26.0. The second-order valence-corrected chi connectivity index (χ2v) is 16.2. The van der Waals surface area contributed by atoms with Crippen molar-refractivity contribution in [2.45, 2.75) is 87.2 Å². The molecule has 0 aliphatic heterocycles. The number of hydrogen-bond acceptors (Lipinski definition) is 3. The van der Waals surface area contributed by atoms with Crippen LogP contribution in [0.4, 0.5) is 13.2 Å². The number of nitrogens with zero attached hydrogens (tertiary/aromatic N) is 1. The van der Waals surface area contributed by atoms with Crippen molar-refractivity contribution in [1.82, 2.24) is 0 Å². The van der Waals surface area contributed by atoms with Gasteiger partial charge in [0, 0.05) is 45.0 Å². The molecule has 0 radical (unpaired) electrons. The predicted molar refractivity (Wildman–Crippen MR) is 197 cm³/mol. The van der Waals surface area contributed by atoms with Crippen LogP contribution in [0.25, 0.3) is 0 Å². The highest BCUT2D eigenvalue weighted by Gasteiger charge is 2.38. The van der Waals surface area contributed by atoms with E-state index in [-0.39, 0.29) is 39.6 Å². The van der Waals surface area contributed by atoms with Crippen molar-refractivity contribution in [3.8, 4) is 6.07 Å². The van der Waals surface area contributed by atoms with E-state index in [9.17, 15) is 22.8 Å². The first-order valence-electron chi connectivity index (χ1n) is 16.8. The van der Waals surface area contributed by atoms with Crippen LogP contribution in [-0.2, 0) is 15.8 Å². The number of benzene rings is 2. The van der Waals surface area contributed by atoms with Crippen molar-refractivity contribution in [1.29, 1.82) is 5.26 Å². The Morgan fingerprint density at radius 3 is 1.18 bits per heavy atom. The molecule has 2 aliphatic rings. The Hall–Kier alpha value is -4.50. The highest BCUT2D eigenvalue weighted by Crippen LogP contribution is 2.44. The Labute approximate surface area is 296 Å². The molecule has 2 aromatic carbocycles. The Morgan fingerprint density at radius 1 is 0.580 bits per heavy atom. The lowest BCUT2D eigenvalue weighted by Crippen LogP contribution is -2.29. The largest absolute Gasteiger partial charge is 0.416 e. The lowest BCUT2D eigenvalue weighted by molar-refractivity contribution is -0.137. The van der Waals surface area contributed by atoms with Crippen LogP contribution in [0.3, 0.4) is 0 Å². The van der Waals surface area contributed by atoms with Crippen LogP contribution < -0.4 is 0 Å². The zero-order valence-corrected chi connectivity index (χ0v) is 31.0. The standard InChI is InChI=1S/C22H25F3O.C22H25NO/c1-7-21(5,6)18-13-15(12-17(19(18)26)20(2,3)4)14-8-10-16(11-9-14)22(23,24)25;1-7-22(5,6)19-13-17(12-18(20(19)24)21(2,3)4)16-10-8-15(14-23)9-11-16/h7-13,15H,1H2,2-6H3;7-13,17H,1H2,2-6H3. The van der Waals surface area contributed by atoms with Crippen LogP contribution in [0, 0.1) is 33.0 Å². The van der Waals surface area contributed by atoms with Gasteiger partial charge in [0.05, 0.1) is 17.2 Å². The van der Waals surface area contributed by atoms with Gasteiger partial charge in [0.15, 0.2) is 11.6 Å². The molecule has 0 heterocycles. The number of allylic oxidation sites excluding steroid dienone is 10. The van der Waals surface area contributed by atoms with Gasteiger partial charge in [0.1, 0.15) is 0 Å². The van der Waals surface area contributed by atoms with Crippen molar-refractivity contribution >= 4 is 11.6 Å². The van der Waals surface area contributed by atoms with Gasteiger partial charge in [-0.25, -0.2) is 0 Å². The molecule has 6 heteroatoms. The summed E-state index contributed by atoms with van der Waals surface area (Å²) in [6, 6.07) is 14.8. The molecular formula is C44H50F3NO2. The number of hydrogen-bond donors (Lipinski definition) is 0. The third-order valence-electron chi connectivity index (χ3n) is 9.44. The molecule has 50 heavy (non-hydrogen) atoms. The second kappa shape index (κ2) is 14.4. The summed E-state index contributed by atoms with van der Waals surface area (Å²) in [7, 11) is 0. The number of carbonyl (C=O) groups is 2. The van der Waals surface area contributed by atoms with Crippen LogP contribution in [0.5, 0.6) is 0 Å². The fourth-order valence-corrected chi connectivity index (χ4v) is 5.88. The molecule has 0 aromatic heterocycles. The lowest BCUT2D eigenvalue weighted by Gasteiger charge is -2.33. The highest BCUT2D eigenvalue weighted by molar-refractivity contribution is 6.12. The molecular weight excluding hydrogens is 631 g/mol. The molecule has 0 spiro atoms. The van der Waals surface area contributed by atoms with Gasteiger partial charge in [-0.15, -0.1) is 13.2 Å². The van der Waals surface area contributed by atoms with E-state index in [0.29, 0.717) is 16.7 Å². The first kappa shape index (κ1) is 39.9. The predicted octanol–water partition coefficient (Wildman–Crippen LogP) is 11.8. The number of ketones is 2. The van der Waals surface area contributed by atoms with Crippen LogP contribution in [0.1, 0.15) is 103 Å². The molecule has 2 atom stereocenters. The monoisotopic (exact) mass is 681 g/mol. The Morgan fingerprint density at radius 2 is 0.900 bits per heavy atom. The van der Waals surface area contributed by atoms with Crippen molar-refractivity contribution in [2.75, 3.05) is 0 Å². The minimum absolute atomic E-state index is 0.0226. The second-order valence-electron chi connectivity index (χ2n) is 16.2. The summed E-state index contributed by atoms with van der Waals surface area (Å²) < 4.78 is 38.4. The van der Waals surface area contributed by atoms with E-state index in [1.165, 1.54) is 12.1 Å². The van der Waals surface area contributed by atoms with Crippen molar-refractivity contribution < 1.29 is 22.8 Å². The van der Waals surface area contributed by atoms with Crippen LogP contribution in [0.2, 0.25) is 0 Å². The first-order valence-corrected chi connectivity index (χ1v) is 16.8. The maximum atomic E-state index is 13.0. The SMILES string of the molecule is C=CC(C)(C)C1=CC(c2ccc(C#N)cc2)C=C(C(C)(C)C)C1=O.C=CC(C)(C)C1=CC(c2ccc(C(F)(F)F)cc2)C=C(C(C)(C)C)C1=O. The molecule has 0 saturated carbocycles. The molecule has 2 unspecified atom stereocenters. The molecule has 4 rings (SSSR count). The zero-order valence-electron chi connectivity index (χ0n) is 31.0. The average Bonchev–Trinajstić information content (AvgIpc) is 3.03. The summed E-state index contributed by atoms with van der Waals surface area (Å²) >= 11 is 0. The molecule has 2 aromatic rings. The topological polar surface area (TPSA) is 57.9 Å². The summed E-state index contributed by atoms with van der Waals surface area (Å²) in [5, 5.41) is 8.97. The summed E-state index contributed by atoms with van der Waals surface area (Å²) in [6.45, 7) is 27.7. The Kier molecular flexibility index (Phi) is 11.5. The summed E-state index contributed by atoms with van der Waals surface area (Å²) in [5.74, 6) is -0.139. The molecule has 0 fully saturated rings. The number of halogens is 3. The summed E-state index contributed by atoms with van der Waals surface area (Å²) in [5.41, 5.74) is 3.22. The van der Waals surface area contributed by atoms with E-state index in [1.807, 2.05) is 97.0 Å². The molecule has 0 N–H and O–H groups in total. The molecule has 0 saturated heterocycles. The van der Waals surface area contributed by atoms with E-state index < -0.39 is 17.2 Å². The van der Waals surface area contributed by atoms with Gasteiger partial charge in [-0.05, 0) is 46.2 Å². The van der Waals surface area contributed by atoms with Crippen LogP contribution in [-0.4, -0.2) is 11.6 Å². The maximum absolute atomic E-state index is 13.0. The van der Waals surface area contributed by atoms with Gasteiger partial charge in [0.2, 0.25) is 0 Å².